The molecule has 1 fully saturated rings. The normalized spacial score (nSPS) is 15.9. The van der Waals surface area contributed by atoms with Crippen LogP contribution in [-0.4, -0.2) is 19.4 Å². The van der Waals surface area contributed by atoms with Crippen LogP contribution in [0.3, 0.4) is 0 Å². The highest BCUT2D eigenvalue weighted by Gasteiger charge is 2.14. The minimum Gasteiger partial charge on any atom is -0.371 e. The third kappa shape index (κ3) is 1.65. The van der Waals surface area contributed by atoms with Crippen LogP contribution in [0.15, 0.2) is 18.2 Å². The van der Waals surface area contributed by atoms with E-state index in [1.807, 2.05) is 18.2 Å². The first kappa shape index (κ1) is 9.25. The quantitative estimate of drug-likeness (QED) is 0.666. The highest BCUT2D eigenvalue weighted by atomic mass is 16.1. The molecule has 2 rings (SSSR count). The molecule has 14 heavy (non-hydrogen) atoms. The van der Waals surface area contributed by atoms with Gasteiger partial charge in [-0.1, -0.05) is 12.1 Å². The Balaban J connectivity index is 2.34. The standard InChI is InChI=1S/C12H15NO/c1-10-4-5-11(9-14)8-12(10)13-6-2-3-7-13/h4-5,8-9H,2-3,6-7H2,1H3. The molecule has 1 aromatic rings. The van der Waals surface area contributed by atoms with E-state index in [2.05, 4.69) is 11.8 Å². The van der Waals surface area contributed by atoms with Gasteiger partial charge in [-0.05, 0) is 31.4 Å². The Morgan fingerprint density at radius 1 is 1.29 bits per heavy atom. The summed E-state index contributed by atoms with van der Waals surface area (Å²) in [5, 5.41) is 0. The molecule has 0 N–H and O–H groups in total. The largest absolute Gasteiger partial charge is 0.371 e. The van der Waals surface area contributed by atoms with E-state index < -0.39 is 0 Å². The van der Waals surface area contributed by atoms with Crippen LogP contribution in [0.4, 0.5) is 5.69 Å². The average molecular weight is 189 g/mol. The molecule has 0 amide bonds. The molecule has 74 valence electrons. The maximum atomic E-state index is 10.7. The average Bonchev–Trinajstić information content (AvgIpc) is 2.71. The lowest BCUT2D eigenvalue weighted by molar-refractivity contribution is 0.112. The number of hydrogen-bond acceptors (Lipinski definition) is 2. The lowest BCUT2D eigenvalue weighted by Gasteiger charge is -2.20. The smallest absolute Gasteiger partial charge is 0.150 e. The number of benzene rings is 1. The molecule has 0 spiro atoms. The van der Waals surface area contributed by atoms with Crippen LogP contribution in [0, 0.1) is 6.92 Å². The number of hydrogen-bond donors (Lipinski definition) is 0. The Labute approximate surface area is 84.5 Å². The van der Waals surface area contributed by atoms with Crippen molar-refractivity contribution in [2.75, 3.05) is 18.0 Å². The summed E-state index contributed by atoms with van der Waals surface area (Å²) >= 11 is 0. The SMILES string of the molecule is Cc1ccc(C=O)cc1N1CCCC1. The second kappa shape index (κ2) is 3.82. The van der Waals surface area contributed by atoms with Crippen LogP contribution in [0.5, 0.6) is 0 Å². The van der Waals surface area contributed by atoms with Crippen molar-refractivity contribution in [2.45, 2.75) is 19.8 Å². The van der Waals surface area contributed by atoms with E-state index in [1.54, 1.807) is 0 Å². The molecule has 2 nitrogen and oxygen atoms in total. The Kier molecular flexibility index (Phi) is 2.53. The number of carbonyl (C=O) groups is 1. The number of aryl methyl sites for hydroxylation is 1. The molecule has 0 radical (unpaired) electrons. The van der Waals surface area contributed by atoms with Crippen molar-refractivity contribution in [3.63, 3.8) is 0 Å². The maximum absolute atomic E-state index is 10.7. The Bertz CT molecular complexity index is 340. The molecule has 1 aromatic carbocycles. The molecule has 2 heteroatoms. The second-order valence-corrected chi connectivity index (χ2v) is 3.86. The monoisotopic (exact) mass is 189 g/mol. The predicted octanol–water partition coefficient (Wildman–Crippen LogP) is 2.41. The summed E-state index contributed by atoms with van der Waals surface area (Å²) in [7, 11) is 0. The van der Waals surface area contributed by atoms with Gasteiger partial charge in [0.05, 0.1) is 0 Å². The summed E-state index contributed by atoms with van der Waals surface area (Å²) in [6.45, 7) is 4.36. The van der Waals surface area contributed by atoms with E-state index in [0.717, 1.165) is 24.9 Å². The van der Waals surface area contributed by atoms with Crippen LogP contribution in [0.1, 0.15) is 28.8 Å². The van der Waals surface area contributed by atoms with Crippen molar-refractivity contribution in [1.29, 1.82) is 0 Å². The van der Waals surface area contributed by atoms with Gasteiger partial charge in [-0.3, -0.25) is 4.79 Å². The van der Waals surface area contributed by atoms with Gasteiger partial charge in [0.2, 0.25) is 0 Å². The maximum Gasteiger partial charge on any atom is 0.150 e. The Morgan fingerprint density at radius 3 is 2.64 bits per heavy atom. The van der Waals surface area contributed by atoms with Gasteiger partial charge in [-0.25, -0.2) is 0 Å². The van der Waals surface area contributed by atoms with Gasteiger partial charge >= 0.3 is 0 Å². The first-order valence-electron chi connectivity index (χ1n) is 5.12. The van der Waals surface area contributed by atoms with Crippen molar-refractivity contribution in [3.8, 4) is 0 Å². The van der Waals surface area contributed by atoms with Gasteiger partial charge in [-0.15, -0.1) is 0 Å². The lowest BCUT2D eigenvalue weighted by atomic mass is 10.1. The van der Waals surface area contributed by atoms with Crippen LogP contribution < -0.4 is 4.90 Å². The summed E-state index contributed by atoms with van der Waals surface area (Å²) in [5.74, 6) is 0. The Hall–Kier alpha value is -1.31. The molecule has 1 aliphatic rings. The van der Waals surface area contributed by atoms with Gasteiger partial charge in [0.1, 0.15) is 6.29 Å². The van der Waals surface area contributed by atoms with E-state index in [4.69, 9.17) is 0 Å². The molecule has 0 saturated carbocycles. The lowest BCUT2D eigenvalue weighted by Crippen LogP contribution is -2.18. The summed E-state index contributed by atoms with van der Waals surface area (Å²) < 4.78 is 0. The molecule has 0 bridgehead atoms. The van der Waals surface area contributed by atoms with Gasteiger partial charge in [-0.2, -0.15) is 0 Å². The van der Waals surface area contributed by atoms with E-state index in [0.29, 0.717) is 0 Å². The zero-order valence-corrected chi connectivity index (χ0v) is 8.49. The van der Waals surface area contributed by atoms with E-state index >= 15 is 0 Å². The number of nitrogens with zero attached hydrogens (tertiary/aromatic N) is 1. The number of carbonyl (C=O) groups excluding carboxylic acids is 1. The fraction of sp³-hybridized carbons (Fsp3) is 0.417. The van der Waals surface area contributed by atoms with Gasteiger partial charge in [0, 0.05) is 24.3 Å². The first-order valence-corrected chi connectivity index (χ1v) is 5.12. The summed E-state index contributed by atoms with van der Waals surface area (Å²) in [4.78, 5) is 13.0. The molecular formula is C12H15NO. The topological polar surface area (TPSA) is 20.3 Å². The fourth-order valence-corrected chi connectivity index (χ4v) is 2.00. The van der Waals surface area contributed by atoms with Gasteiger partial charge in [0.15, 0.2) is 0 Å². The van der Waals surface area contributed by atoms with Crippen molar-refractivity contribution in [2.24, 2.45) is 0 Å². The molecule has 1 aliphatic heterocycles. The van der Waals surface area contributed by atoms with Crippen LogP contribution in [0.25, 0.3) is 0 Å². The number of rotatable bonds is 2. The van der Waals surface area contributed by atoms with Crippen LogP contribution in [-0.2, 0) is 0 Å². The zero-order valence-electron chi connectivity index (χ0n) is 8.49. The zero-order chi connectivity index (χ0) is 9.97. The van der Waals surface area contributed by atoms with Gasteiger partial charge in [0.25, 0.3) is 0 Å². The van der Waals surface area contributed by atoms with Crippen molar-refractivity contribution < 1.29 is 4.79 Å². The fourth-order valence-electron chi connectivity index (χ4n) is 2.00. The van der Waals surface area contributed by atoms with Crippen molar-refractivity contribution in [3.05, 3.63) is 29.3 Å². The third-order valence-corrected chi connectivity index (χ3v) is 2.82. The van der Waals surface area contributed by atoms with Crippen LogP contribution >= 0.6 is 0 Å². The molecular weight excluding hydrogens is 174 g/mol. The summed E-state index contributed by atoms with van der Waals surface area (Å²) in [6, 6.07) is 5.90. The minimum atomic E-state index is 0.775. The summed E-state index contributed by atoms with van der Waals surface area (Å²) in [5.41, 5.74) is 3.27. The minimum absolute atomic E-state index is 0.775. The van der Waals surface area contributed by atoms with E-state index in [9.17, 15) is 4.79 Å². The molecule has 0 atom stereocenters. The molecule has 1 saturated heterocycles. The summed E-state index contributed by atoms with van der Waals surface area (Å²) in [6.07, 6.45) is 3.45. The molecule has 0 aliphatic carbocycles. The van der Waals surface area contributed by atoms with Gasteiger partial charge < -0.3 is 4.90 Å². The van der Waals surface area contributed by atoms with Crippen molar-refractivity contribution in [1.82, 2.24) is 0 Å². The van der Waals surface area contributed by atoms with Crippen molar-refractivity contribution >= 4 is 12.0 Å². The third-order valence-electron chi connectivity index (χ3n) is 2.82. The molecule has 0 unspecified atom stereocenters. The molecule has 1 heterocycles. The first-order chi connectivity index (χ1) is 6.81. The number of aldehydes is 1. The van der Waals surface area contributed by atoms with E-state index in [1.165, 1.54) is 24.1 Å². The number of anilines is 1. The Morgan fingerprint density at radius 2 is 2.00 bits per heavy atom. The second-order valence-electron chi connectivity index (χ2n) is 3.86. The molecule has 0 aromatic heterocycles. The van der Waals surface area contributed by atoms with E-state index in [-0.39, 0.29) is 0 Å². The predicted molar refractivity (Wildman–Crippen MR) is 58.0 cm³/mol. The highest BCUT2D eigenvalue weighted by molar-refractivity contribution is 5.78. The highest BCUT2D eigenvalue weighted by Crippen LogP contribution is 2.24. The van der Waals surface area contributed by atoms with Crippen LogP contribution in [0.2, 0.25) is 0 Å².